The molecule has 0 unspecified atom stereocenters. The Kier molecular flexibility index (Phi) is 3.77. The van der Waals surface area contributed by atoms with Crippen molar-refractivity contribution in [1.82, 2.24) is 9.78 Å². The molecule has 0 aliphatic rings. The van der Waals surface area contributed by atoms with Crippen LogP contribution >= 0.6 is 11.6 Å². The predicted octanol–water partition coefficient (Wildman–Crippen LogP) is 3.35. The molecule has 0 aliphatic carbocycles. The first-order valence-corrected chi connectivity index (χ1v) is 6.35. The summed E-state index contributed by atoms with van der Waals surface area (Å²) in [6.45, 7) is 3.66. The minimum Gasteiger partial charge on any atom is -0.476 e. The lowest BCUT2D eigenvalue weighted by atomic mass is 10.1. The summed E-state index contributed by atoms with van der Waals surface area (Å²) in [4.78, 5) is 11.3. The zero-order valence-corrected chi connectivity index (χ0v) is 11.7. The summed E-state index contributed by atoms with van der Waals surface area (Å²) in [5, 5.41) is 22.4. The van der Waals surface area contributed by atoms with Gasteiger partial charge >= 0.3 is 5.97 Å². The Morgan fingerprint density at radius 2 is 2.00 bits per heavy atom. The predicted molar refractivity (Wildman–Crippen MR) is 74.7 cm³/mol. The molecule has 1 heterocycles. The standard InChI is InChI=1S/C14H12ClN3O2/c1-8(2)18-13(14(19)20)11(15)12(17-18)10-5-3-9(7-16)4-6-10/h3-6,8H,1-2H3,(H,19,20). The minimum atomic E-state index is -1.11. The first-order chi connectivity index (χ1) is 9.45. The molecule has 1 aromatic heterocycles. The third-order valence-electron chi connectivity index (χ3n) is 2.83. The van der Waals surface area contributed by atoms with Crippen LogP contribution < -0.4 is 0 Å². The summed E-state index contributed by atoms with van der Waals surface area (Å²) in [6.07, 6.45) is 0. The summed E-state index contributed by atoms with van der Waals surface area (Å²) in [5.74, 6) is -1.11. The Morgan fingerprint density at radius 3 is 2.40 bits per heavy atom. The van der Waals surface area contributed by atoms with Crippen LogP contribution in [-0.4, -0.2) is 20.9 Å². The van der Waals surface area contributed by atoms with Gasteiger partial charge in [-0.3, -0.25) is 4.68 Å². The Bertz CT molecular complexity index is 696. The van der Waals surface area contributed by atoms with Crippen LogP contribution in [0.15, 0.2) is 24.3 Å². The zero-order valence-electron chi connectivity index (χ0n) is 11.0. The van der Waals surface area contributed by atoms with Crippen molar-refractivity contribution in [1.29, 1.82) is 5.26 Å². The van der Waals surface area contributed by atoms with Gasteiger partial charge in [-0.2, -0.15) is 10.4 Å². The van der Waals surface area contributed by atoms with Crippen molar-refractivity contribution in [2.24, 2.45) is 0 Å². The van der Waals surface area contributed by atoms with Gasteiger partial charge in [0.15, 0.2) is 5.69 Å². The van der Waals surface area contributed by atoms with E-state index in [0.29, 0.717) is 16.8 Å². The summed E-state index contributed by atoms with van der Waals surface area (Å²) >= 11 is 6.15. The van der Waals surface area contributed by atoms with Gasteiger partial charge in [0.25, 0.3) is 0 Å². The molecule has 1 aromatic carbocycles. The van der Waals surface area contributed by atoms with Crippen LogP contribution in [0.25, 0.3) is 11.3 Å². The molecule has 6 heteroatoms. The minimum absolute atomic E-state index is 0.0268. The second-order valence-corrected chi connectivity index (χ2v) is 4.92. The number of aromatic nitrogens is 2. The van der Waals surface area contributed by atoms with Gasteiger partial charge < -0.3 is 5.11 Å². The Labute approximate surface area is 121 Å². The van der Waals surface area contributed by atoms with Crippen LogP contribution in [-0.2, 0) is 0 Å². The molecule has 102 valence electrons. The highest BCUT2D eigenvalue weighted by Crippen LogP contribution is 2.31. The normalized spacial score (nSPS) is 10.6. The molecule has 20 heavy (non-hydrogen) atoms. The van der Waals surface area contributed by atoms with Crippen LogP contribution in [0.2, 0.25) is 5.02 Å². The molecule has 0 atom stereocenters. The molecule has 0 fully saturated rings. The number of carboxylic acid groups (broad SMARTS) is 1. The lowest BCUT2D eigenvalue weighted by Crippen LogP contribution is -2.12. The Hall–Kier alpha value is -2.32. The number of nitriles is 1. The van der Waals surface area contributed by atoms with E-state index in [1.807, 2.05) is 19.9 Å². The van der Waals surface area contributed by atoms with E-state index in [1.165, 1.54) is 4.68 Å². The smallest absolute Gasteiger partial charge is 0.355 e. The van der Waals surface area contributed by atoms with Crippen LogP contribution in [0.5, 0.6) is 0 Å². The van der Waals surface area contributed by atoms with Crippen LogP contribution in [0.3, 0.4) is 0 Å². The largest absolute Gasteiger partial charge is 0.476 e. The topological polar surface area (TPSA) is 78.9 Å². The van der Waals surface area contributed by atoms with Crippen molar-refractivity contribution < 1.29 is 9.90 Å². The van der Waals surface area contributed by atoms with Gasteiger partial charge in [-0.1, -0.05) is 23.7 Å². The number of carboxylic acids is 1. The van der Waals surface area contributed by atoms with Gasteiger partial charge in [0, 0.05) is 11.6 Å². The molecule has 0 aliphatic heterocycles. The lowest BCUT2D eigenvalue weighted by molar-refractivity contribution is 0.0681. The number of hydrogen-bond acceptors (Lipinski definition) is 3. The second kappa shape index (κ2) is 5.35. The molecule has 2 aromatic rings. The maximum absolute atomic E-state index is 11.3. The number of hydrogen-bond donors (Lipinski definition) is 1. The zero-order chi connectivity index (χ0) is 14.9. The molecule has 0 bridgehead atoms. The van der Waals surface area contributed by atoms with Crippen LogP contribution in [0, 0.1) is 11.3 Å². The van der Waals surface area contributed by atoms with Gasteiger partial charge in [0.2, 0.25) is 0 Å². The van der Waals surface area contributed by atoms with Crippen LogP contribution in [0.4, 0.5) is 0 Å². The van der Waals surface area contributed by atoms with E-state index in [-0.39, 0.29) is 16.8 Å². The molecule has 0 saturated heterocycles. The number of rotatable bonds is 3. The van der Waals surface area contributed by atoms with Gasteiger partial charge in [-0.25, -0.2) is 4.79 Å². The fraction of sp³-hybridized carbons (Fsp3) is 0.214. The molecule has 0 radical (unpaired) electrons. The highest BCUT2D eigenvalue weighted by Gasteiger charge is 2.24. The fourth-order valence-corrected chi connectivity index (χ4v) is 2.18. The third-order valence-corrected chi connectivity index (χ3v) is 3.19. The van der Waals surface area contributed by atoms with Crippen molar-refractivity contribution in [2.45, 2.75) is 19.9 Å². The number of halogens is 1. The average Bonchev–Trinajstić information content (AvgIpc) is 2.77. The van der Waals surface area contributed by atoms with E-state index in [2.05, 4.69) is 5.10 Å². The summed E-state index contributed by atoms with van der Waals surface area (Å²) in [7, 11) is 0. The second-order valence-electron chi connectivity index (χ2n) is 4.54. The monoisotopic (exact) mass is 289 g/mol. The van der Waals surface area contributed by atoms with Gasteiger partial charge in [-0.05, 0) is 26.0 Å². The molecule has 0 amide bonds. The van der Waals surface area contributed by atoms with Gasteiger partial charge in [-0.15, -0.1) is 0 Å². The fourth-order valence-electron chi connectivity index (χ4n) is 1.87. The van der Waals surface area contributed by atoms with Gasteiger partial charge in [0.05, 0.1) is 11.6 Å². The number of benzene rings is 1. The van der Waals surface area contributed by atoms with E-state index in [9.17, 15) is 9.90 Å². The Balaban J connectivity index is 2.60. The van der Waals surface area contributed by atoms with E-state index in [4.69, 9.17) is 16.9 Å². The van der Waals surface area contributed by atoms with E-state index in [1.54, 1.807) is 24.3 Å². The molecule has 2 rings (SSSR count). The van der Waals surface area contributed by atoms with E-state index < -0.39 is 5.97 Å². The van der Waals surface area contributed by atoms with Crippen molar-refractivity contribution in [3.05, 3.63) is 40.5 Å². The maximum atomic E-state index is 11.3. The molecule has 5 nitrogen and oxygen atoms in total. The lowest BCUT2D eigenvalue weighted by Gasteiger charge is -2.07. The van der Waals surface area contributed by atoms with E-state index >= 15 is 0 Å². The summed E-state index contributed by atoms with van der Waals surface area (Å²) < 4.78 is 1.39. The highest BCUT2D eigenvalue weighted by molar-refractivity contribution is 6.35. The van der Waals surface area contributed by atoms with E-state index in [0.717, 1.165) is 0 Å². The number of carbonyl (C=O) groups is 1. The van der Waals surface area contributed by atoms with Crippen molar-refractivity contribution in [2.75, 3.05) is 0 Å². The van der Waals surface area contributed by atoms with Crippen molar-refractivity contribution >= 4 is 17.6 Å². The van der Waals surface area contributed by atoms with Crippen molar-refractivity contribution in [3.8, 4) is 17.3 Å². The SMILES string of the molecule is CC(C)n1nc(-c2ccc(C#N)cc2)c(Cl)c1C(=O)O. The molecular weight excluding hydrogens is 278 g/mol. The highest BCUT2D eigenvalue weighted by atomic mass is 35.5. The first-order valence-electron chi connectivity index (χ1n) is 5.97. The number of nitrogens with zero attached hydrogens (tertiary/aromatic N) is 3. The number of aromatic carboxylic acids is 1. The van der Waals surface area contributed by atoms with Crippen LogP contribution in [0.1, 0.15) is 35.9 Å². The maximum Gasteiger partial charge on any atom is 0.355 e. The molecular formula is C14H12ClN3O2. The summed E-state index contributed by atoms with van der Waals surface area (Å²) in [6, 6.07) is 8.57. The molecule has 0 spiro atoms. The quantitative estimate of drug-likeness (QED) is 0.939. The third kappa shape index (κ3) is 2.38. The average molecular weight is 290 g/mol. The van der Waals surface area contributed by atoms with Gasteiger partial charge in [0.1, 0.15) is 10.7 Å². The Morgan fingerprint density at radius 1 is 1.40 bits per heavy atom. The first kappa shape index (κ1) is 14.1. The van der Waals surface area contributed by atoms with Crippen molar-refractivity contribution in [3.63, 3.8) is 0 Å². The molecule has 0 saturated carbocycles. The molecule has 1 N–H and O–H groups in total. The summed E-state index contributed by atoms with van der Waals surface area (Å²) in [5.41, 5.74) is 1.57.